The van der Waals surface area contributed by atoms with Gasteiger partial charge in [0.2, 0.25) is 0 Å². The lowest BCUT2D eigenvalue weighted by atomic mass is 10.1. The van der Waals surface area contributed by atoms with E-state index >= 15 is 0 Å². The van der Waals surface area contributed by atoms with Crippen molar-refractivity contribution in [3.05, 3.63) is 24.3 Å². The number of aromatic nitrogens is 2. The molecule has 1 fully saturated rings. The summed E-state index contributed by atoms with van der Waals surface area (Å²) in [6, 6.07) is 2.00. The lowest BCUT2D eigenvalue weighted by Crippen LogP contribution is -2.44. The summed E-state index contributed by atoms with van der Waals surface area (Å²) in [5.74, 6) is 1.23. The Hall–Kier alpha value is -1.04. The third-order valence-electron chi connectivity index (χ3n) is 3.65. The van der Waals surface area contributed by atoms with Gasteiger partial charge in [-0.1, -0.05) is 13.8 Å². The van der Waals surface area contributed by atoms with E-state index in [-0.39, 0.29) is 12.1 Å². The summed E-state index contributed by atoms with van der Waals surface area (Å²) in [5.41, 5.74) is 6.02. The minimum atomic E-state index is -0.137. The van der Waals surface area contributed by atoms with Crippen LogP contribution in [0.2, 0.25) is 0 Å². The van der Waals surface area contributed by atoms with Crippen molar-refractivity contribution in [3.63, 3.8) is 0 Å². The Kier molecular flexibility index (Phi) is 5.88. The first-order valence-electron chi connectivity index (χ1n) is 7.55. The van der Waals surface area contributed by atoms with Crippen molar-refractivity contribution in [1.82, 2.24) is 14.9 Å². The van der Waals surface area contributed by atoms with Gasteiger partial charge < -0.3 is 10.5 Å². The van der Waals surface area contributed by atoms with Crippen LogP contribution in [0.5, 0.6) is 0 Å². The monoisotopic (exact) mass is 278 g/mol. The Balaban J connectivity index is 2.15. The van der Waals surface area contributed by atoms with Crippen molar-refractivity contribution in [3.8, 4) is 0 Å². The minimum Gasteiger partial charge on any atom is -0.368 e. The van der Waals surface area contributed by atoms with E-state index in [0.717, 1.165) is 18.9 Å². The minimum absolute atomic E-state index is 0.137. The van der Waals surface area contributed by atoms with Crippen LogP contribution in [-0.4, -0.2) is 47.2 Å². The first-order valence-corrected chi connectivity index (χ1v) is 7.55. The maximum absolute atomic E-state index is 6.11. The Morgan fingerprint density at radius 1 is 1.25 bits per heavy atom. The molecule has 1 aliphatic rings. The van der Waals surface area contributed by atoms with E-state index in [1.165, 1.54) is 12.8 Å². The SMILES string of the molecule is CC(C)COC(c1ncccn1)C(CN)N1CCCC1. The molecule has 1 aromatic heterocycles. The van der Waals surface area contributed by atoms with Crippen LogP contribution < -0.4 is 5.73 Å². The van der Waals surface area contributed by atoms with Gasteiger partial charge in [-0.3, -0.25) is 4.90 Å². The molecule has 1 saturated heterocycles. The molecule has 5 nitrogen and oxygen atoms in total. The molecule has 0 aliphatic carbocycles. The summed E-state index contributed by atoms with van der Waals surface area (Å²) in [7, 11) is 0. The predicted molar refractivity (Wildman–Crippen MR) is 79.2 cm³/mol. The van der Waals surface area contributed by atoms with Crippen molar-refractivity contribution in [2.75, 3.05) is 26.2 Å². The molecule has 2 atom stereocenters. The number of hydrogen-bond acceptors (Lipinski definition) is 5. The largest absolute Gasteiger partial charge is 0.368 e. The molecule has 0 radical (unpaired) electrons. The van der Waals surface area contributed by atoms with E-state index in [1.807, 2.05) is 6.07 Å². The van der Waals surface area contributed by atoms with Gasteiger partial charge in [-0.05, 0) is 37.9 Å². The van der Waals surface area contributed by atoms with Gasteiger partial charge in [0.15, 0.2) is 5.82 Å². The Morgan fingerprint density at radius 3 is 2.45 bits per heavy atom. The molecule has 0 spiro atoms. The fourth-order valence-corrected chi connectivity index (χ4v) is 2.65. The van der Waals surface area contributed by atoms with Crippen molar-refractivity contribution >= 4 is 0 Å². The summed E-state index contributed by atoms with van der Waals surface area (Å²) >= 11 is 0. The van der Waals surface area contributed by atoms with Crippen LogP contribution in [0.15, 0.2) is 18.5 Å². The average molecular weight is 278 g/mol. The third-order valence-corrected chi connectivity index (χ3v) is 3.65. The van der Waals surface area contributed by atoms with Crippen LogP contribution >= 0.6 is 0 Å². The molecule has 0 bridgehead atoms. The van der Waals surface area contributed by atoms with Crippen LogP contribution in [-0.2, 0) is 4.74 Å². The third kappa shape index (κ3) is 3.98. The summed E-state index contributed by atoms with van der Waals surface area (Å²) in [6.07, 6.45) is 5.88. The van der Waals surface area contributed by atoms with Gasteiger partial charge in [0.1, 0.15) is 6.10 Å². The second-order valence-corrected chi connectivity index (χ2v) is 5.80. The second kappa shape index (κ2) is 7.67. The summed E-state index contributed by atoms with van der Waals surface area (Å²) < 4.78 is 6.11. The van der Waals surface area contributed by atoms with Crippen LogP contribution in [0.3, 0.4) is 0 Å². The van der Waals surface area contributed by atoms with Gasteiger partial charge in [-0.25, -0.2) is 9.97 Å². The lowest BCUT2D eigenvalue weighted by Gasteiger charge is -2.33. The number of nitrogens with zero attached hydrogens (tertiary/aromatic N) is 3. The molecule has 2 N–H and O–H groups in total. The van der Waals surface area contributed by atoms with Gasteiger partial charge in [0.05, 0.1) is 6.04 Å². The standard InChI is InChI=1S/C15H26N4O/c1-12(2)11-20-14(15-17-6-5-7-18-15)13(10-16)19-8-3-4-9-19/h5-7,12-14H,3-4,8-11,16H2,1-2H3. The van der Waals surface area contributed by atoms with Crippen LogP contribution in [0.25, 0.3) is 0 Å². The molecule has 0 saturated carbocycles. The predicted octanol–water partition coefficient (Wildman–Crippen LogP) is 1.61. The molecule has 1 aliphatic heterocycles. The van der Waals surface area contributed by atoms with E-state index in [1.54, 1.807) is 12.4 Å². The van der Waals surface area contributed by atoms with E-state index in [4.69, 9.17) is 10.5 Å². The maximum Gasteiger partial charge on any atom is 0.158 e. The molecule has 5 heteroatoms. The highest BCUT2D eigenvalue weighted by Crippen LogP contribution is 2.25. The van der Waals surface area contributed by atoms with Crippen molar-refractivity contribution in [2.24, 2.45) is 11.7 Å². The summed E-state index contributed by atoms with van der Waals surface area (Å²) in [4.78, 5) is 11.2. The van der Waals surface area contributed by atoms with Crippen molar-refractivity contribution < 1.29 is 4.74 Å². The van der Waals surface area contributed by atoms with Gasteiger partial charge in [0, 0.05) is 25.5 Å². The summed E-state index contributed by atoms with van der Waals surface area (Å²) in [6.45, 7) is 7.76. The second-order valence-electron chi connectivity index (χ2n) is 5.80. The molecule has 112 valence electrons. The topological polar surface area (TPSA) is 64.3 Å². The van der Waals surface area contributed by atoms with Crippen LogP contribution in [0, 0.1) is 5.92 Å². The smallest absolute Gasteiger partial charge is 0.158 e. The van der Waals surface area contributed by atoms with Crippen molar-refractivity contribution in [1.29, 1.82) is 0 Å². The zero-order valence-electron chi connectivity index (χ0n) is 12.5. The number of ether oxygens (including phenoxy) is 1. The fourth-order valence-electron chi connectivity index (χ4n) is 2.65. The molecule has 20 heavy (non-hydrogen) atoms. The maximum atomic E-state index is 6.11. The zero-order chi connectivity index (χ0) is 14.4. The molecule has 1 aromatic rings. The molecular formula is C15H26N4O. The molecule has 2 heterocycles. The molecular weight excluding hydrogens is 252 g/mol. The highest BCUT2D eigenvalue weighted by Gasteiger charge is 2.32. The van der Waals surface area contributed by atoms with Gasteiger partial charge in [-0.2, -0.15) is 0 Å². The molecule has 0 aromatic carbocycles. The fraction of sp³-hybridized carbons (Fsp3) is 0.733. The molecule has 0 amide bonds. The highest BCUT2D eigenvalue weighted by atomic mass is 16.5. The summed E-state index contributed by atoms with van der Waals surface area (Å²) in [5, 5.41) is 0. The van der Waals surface area contributed by atoms with E-state index in [2.05, 4.69) is 28.7 Å². The quantitative estimate of drug-likeness (QED) is 0.821. The highest BCUT2D eigenvalue weighted by molar-refractivity contribution is 4.99. The first kappa shape index (κ1) is 15.4. The number of hydrogen-bond donors (Lipinski definition) is 1. The van der Waals surface area contributed by atoms with Gasteiger partial charge in [0.25, 0.3) is 0 Å². The molecule has 2 unspecified atom stereocenters. The first-order chi connectivity index (χ1) is 9.72. The zero-order valence-corrected chi connectivity index (χ0v) is 12.5. The van der Waals surface area contributed by atoms with E-state index < -0.39 is 0 Å². The Bertz CT molecular complexity index is 379. The Labute approximate surface area is 121 Å². The normalized spacial score (nSPS) is 19.4. The van der Waals surface area contributed by atoms with E-state index in [0.29, 0.717) is 19.1 Å². The van der Waals surface area contributed by atoms with Crippen molar-refractivity contribution in [2.45, 2.75) is 38.8 Å². The Morgan fingerprint density at radius 2 is 1.90 bits per heavy atom. The number of nitrogens with two attached hydrogens (primary N) is 1. The molecule has 2 rings (SSSR count). The average Bonchev–Trinajstić information content (AvgIpc) is 2.98. The number of likely N-dealkylation sites (tertiary alicyclic amines) is 1. The van der Waals surface area contributed by atoms with Crippen LogP contribution in [0.4, 0.5) is 0 Å². The van der Waals surface area contributed by atoms with Gasteiger partial charge in [-0.15, -0.1) is 0 Å². The lowest BCUT2D eigenvalue weighted by molar-refractivity contribution is -0.0238. The number of rotatable bonds is 7. The van der Waals surface area contributed by atoms with Gasteiger partial charge >= 0.3 is 0 Å². The van der Waals surface area contributed by atoms with E-state index in [9.17, 15) is 0 Å². The van der Waals surface area contributed by atoms with Crippen LogP contribution in [0.1, 0.15) is 38.6 Å².